The van der Waals surface area contributed by atoms with Crippen LogP contribution in [0.1, 0.15) is 23.2 Å². The van der Waals surface area contributed by atoms with Crippen molar-refractivity contribution in [2.24, 2.45) is 5.92 Å². The van der Waals surface area contributed by atoms with E-state index in [4.69, 9.17) is 4.42 Å². The number of anilines is 3. The van der Waals surface area contributed by atoms with E-state index in [0.29, 0.717) is 28.6 Å². The SMILES string of the molecule is O=C(Nc1ccc(N(c2ccccc2)C2CN3CCC2CC3)cc1)c1cccc2ocnc12. The molecule has 3 aromatic carbocycles. The second-order valence-corrected chi connectivity index (χ2v) is 8.92. The lowest BCUT2D eigenvalue weighted by molar-refractivity contribution is 0.0895. The number of hydrogen-bond donors (Lipinski definition) is 1. The van der Waals surface area contributed by atoms with Crippen LogP contribution in [0.25, 0.3) is 11.1 Å². The molecule has 1 atom stereocenters. The van der Waals surface area contributed by atoms with Gasteiger partial charge in [0.05, 0.1) is 5.56 Å². The van der Waals surface area contributed by atoms with E-state index < -0.39 is 0 Å². The van der Waals surface area contributed by atoms with E-state index in [1.54, 1.807) is 18.2 Å². The lowest BCUT2D eigenvalue weighted by atomic mass is 9.82. The molecule has 7 rings (SSSR count). The Morgan fingerprint density at radius 3 is 2.42 bits per heavy atom. The molecule has 3 aliphatic rings. The molecule has 6 nitrogen and oxygen atoms in total. The van der Waals surface area contributed by atoms with Gasteiger partial charge in [0.25, 0.3) is 5.91 Å². The standard InChI is InChI=1S/C27H26N4O2/c32-27(23-7-4-8-25-26(23)28-18-33-25)29-20-9-11-22(12-10-20)31(21-5-2-1-3-6-21)24-17-30-15-13-19(24)14-16-30/h1-12,18-19,24H,13-17H2,(H,29,32). The fraction of sp³-hybridized carbons (Fsp3) is 0.259. The maximum absolute atomic E-state index is 12.9. The van der Waals surface area contributed by atoms with Crippen LogP contribution in [0.3, 0.4) is 0 Å². The molecular weight excluding hydrogens is 412 g/mol. The first-order valence-electron chi connectivity index (χ1n) is 11.6. The number of oxazole rings is 1. The lowest BCUT2D eigenvalue weighted by Crippen LogP contribution is -2.56. The van der Waals surface area contributed by atoms with Crippen molar-refractivity contribution in [3.05, 3.63) is 84.8 Å². The normalized spacial score (nSPS) is 21.8. The molecule has 3 saturated heterocycles. The van der Waals surface area contributed by atoms with E-state index in [-0.39, 0.29) is 5.91 Å². The highest BCUT2D eigenvalue weighted by atomic mass is 16.3. The Hall–Kier alpha value is -3.64. The van der Waals surface area contributed by atoms with E-state index in [0.717, 1.165) is 17.9 Å². The first-order chi connectivity index (χ1) is 16.3. The van der Waals surface area contributed by atoms with Crippen molar-refractivity contribution in [1.82, 2.24) is 9.88 Å². The Balaban J connectivity index is 1.27. The van der Waals surface area contributed by atoms with Gasteiger partial charge in [0, 0.05) is 29.6 Å². The van der Waals surface area contributed by atoms with Crippen LogP contribution in [-0.2, 0) is 0 Å². The highest BCUT2D eigenvalue weighted by Gasteiger charge is 2.38. The summed E-state index contributed by atoms with van der Waals surface area (Å²) in [5.41, 5.74) is 4.80. The number of carbonyl (C=O) groups is 1. The van der Waals surface area contributed by atoms with Crippen LogP contribution in [0.2, 0.25) is 0 Å². The summed E-state index contributed by atoms with van der Waals surface area (Å²) in [5.74, 6) is 0.511. The summed E-state index contributed by atoms with van der Waals surface area (Å²) < 4.78 is 5.32. The molecule has 1 unspecified atom stereocenters. The summed E-state index contributed by atoms with van der Waals surface area (Å²) >= 11 is 0. The maximum Gasteiger partial charge on any atom is 0.258 e. The van der Waals surface area contributed by atoms with Crippen LogP contribution in [0, 0.1) is 5.92 Å². The Bertz CT molecular complexity index is 1260. The van der Waals surface area contributed by atoms with Crippen LogP contribution in [0.5, 0.6) is 0 Å². The maximum atomic E-state index is 12.9. The van der Waals surface area contributed by atoms with Crippen molar-refractivity contribution in [1.29, 1.82) is 0 Å². The van der Waals surface area contributed by atoms with E-state index in [2.05, 4.69) is 62.6 Å². The van der Waals surface area contributed by atoms with E-state index in [1.165, 1.54) is 38.0 Å². The van der Waals surface area contributed by atoms with Crippen molar-refractivity contribution in [3.8, 4) is 0 Å². The molecule has 0 spiro atoms. The first kappa shape index (κ1) is 20.0. The summed E-state index contributed by atoms with van der Waals surface area (Å²) in [5, 5.41) is 3.01. The van der Waals surface area contributed by atoms with Gasteiger partial charge in [-0.25, -0.2) is 4.98 Å². The molecule has 166 valence electrons. The molecule has 4 aromatic rings. The average Bonchev–Trinajstić information content (AvgIpc) is 3.36. The van der Waals surface area contributed by atoms with Gasteiger partial charge < -0.3 is 19.5 Å². The Morgan fingerprint density at radius 2 is 1.70 bits per heavy atom. The smallest absolute Gasteiger partial charge is 0.258 e. The predicted octanol–water partition coefficient (Wildman–Crippen LogP) is 5.31. The van der Waals surface area contributed by atoms with Gasteiger partial charge >= 0.3 is 0 Å². The number of nitrogens with one attached hydrogen (secondary N) is 1. The molecule has 0 saturated carbocycles. The molecular formula is C27H26N4O2. The molecule has 0 radical (unpaired) electrons. The van der Waals surface area contributed by atoms with Gasteiger partial charge in [-0.2, -0.15) is 0 Å². The average molecular weight is 439 g/mol. The van der Waals surface area contributed by atoms with Gasteiger partial charge in [0.1, 0.15) is 5.52 Å². The van der Waals surface area contributed by atoms with Crippen LogP contribution in [0.4, 0.5) is 17.1 Å². The van der Waals surface area contributed by atoms with Gasteiger partial charge in [0.15, 0.2) is 12.0 Å². The molecule has 1 aromatic heterocycles. The summed E-state index contributed by atoms with van der Waals surface area (Å²) in [6.07, 6.45) is 3.88. The number of carbonyl (C=O) groups excluding carboxylic acids is 1. The fourth-order valence-electron chi connectivity index (χ4n) is 5.32. The van der Waals surface area contributed by atoms with Crippen molar-refractivity contribution in [2.45, 2.75) is 18.9 Å². The molecule has 1 N–H and O–H groups in total. The number of rotatable bonds is 5. The van der Waals surface area contributed by atoms with Crippen molar-refractivity contribution >= 4 is 34.1 Å². The minimum absolute atomic E-state index is 0.195. The third kappa shape index (κ3) is 3.76. The number of hydrogen-bond acceptors (Lipinski definition) is 5. The zero-order chi connectivity index (χ0) is 22.2. The number of para-hydroxylation sites is 2. The highest BCUT2D eigenvalue weighted by molar-refractivity contribution is 6.11. The summed E-state index contributed by atoms with van der Waals surface area (Å²) in [4.78, 5) is 22.1. The van der Waals surface area contributed by atoms with Crippen molar-refractivity contribution < 1.29 is 9.21 Å². The van der Waals surface area contributed by atoms with Gasteiger partial charge in [0.2, 0.25) is 0 Å². The summed E-state index contributed by atoms with van der Waals surface area (Å²) in [7, 11) is 0. The molecule has 4 heterocycles. The minimum Gasteiger partial charge on any atom is -0.443 e. The number of benzene rings is 3. The Labute approximate surface area is 192 Å². The third-order valence-electron chi connectivity index (χ3n) is 7.00. The molecule has 3 fully saturated rings. The number of aromatic nitrogens is 1. The van der Waals surface area contributed by atoms with Crippen LogP contribution < -0.4 is 10.2 Å². The van der Waals surface area contributed by atoms with Gasteiger partial charge in [-0.05, 0) is 80.4 Å². The molecule has 33 heavy (non-hydrogen) atoms. The Kier molecular flexibility index (Phi) is 5.07. The van der Waals surface area contributed by atoms with Gasteiger partial charge in [-0.1, -0.05) is 24.3 Å². The van der Waals surface area contributed by atoms with Crippen LogP contribution >= 0.6 is 0 Å². The van der Waals surface area contributed by atoms with Gasteiger partial charge in [-0.3, -0.25) is 4.79 Å². The quantitative estimate of drug-likeness (QED) is 0.457. The van der Waals surface area contributed by atoms with Crippen molar-refractivity contribution in [3.63, 3.8) is 0 Å². The first-order valence-corrected chi connectivity index (χ1v) is 11.6. The second kappa shape index (κ2) is 8.37. The molecule has 6 heteroatoms. The Morgan fingerprint density at radius 1 is 0.939 bits per heavy atom. The number of fused-ring (bicyclic) bond motifs is 4. The second-order valence-electron chi connectivity index (χ2n) is 8.92. The largest absolute Gasteiger partial charge is 0.443 e. The van der Waals surface area contributed by atoms with Crippen LogP contribution in [-0.4, -0.2) is 41.5 Å². The molecule has 0 aliphatic carbocycles. The van der Waals surface area contributed by atoms with E-state index >= 15 is 0 Å². The third-order valence-corrected chi connectivity index (χ3v) is 7.00. The highest BCUT2D eigenvalue weighted by Crippen LogP contribution is 2.38. The zero-order valence-corrected chi connectivity index (χ0v) is 18.4. The number of nitrogens with zero attached hydrogens (tertiary/aromatic N) is 3. The zero-order valence-electron chi connectivity index (χ0n) is 18.4. The van der Waals surface area contributed by atoms with Gasteiger partial charge in [-0.15, -0.1) is 0 Å². The summed E-state index contributed by atoms with van der Waals surface area (Å²) in [6, 6.07) is 24.6. The minimum atomic E-state index is -0.195. The number of amides is 1. The van der Waals surface area contributed by atoms with Crippen LogP contribution in [0.15, 0.2) is 83.6 Å². The fourth-order valence-corrected chi connectivity index (χ4v) is 5.32. The number of piperidine rings is 3. The monoisotopic (exact) mass is 438 g/mol. The molecule has 3 aliphatic heterocycles. The molecule has 2 bridgehead atoms. The van der Waals surface area contributed by atoms with Crippen molar-refractivity contribution in [2.75, 3.05) is 29.9 Å². The summed E-state index contributed by atoms with van der Waals surface area (Å²) in [6.45, 7) is 3.53. The molecule has 1 amide bonds. The topological polar surface area (TPSA) is 61.6 Å². The van der Waals surface area contributed by atoms with E-state index in [9.17, 15) is 4.79 Å². The van der Waals surface area contributed by atoms with E-state index in [1.807, 2.05) is 12.1 Å². The lowest BCUT2D eigenvalue weighted by Gasteiger charge is -2.49. The predicted molar refractivity (Wildman–Crippen MR) is 130 cm³/mol.